The lowest BCUT2D eigenvalue weighted by Gasteiger charge is -2.19. The summed E-state index contributed by atoms with van der Waals surface area (Å²) >= 11 is 0. The van der Waals surface area contributed by atoms with E-state index in [2.05, 4.69) is 10.0 Å². The minimum absolute atomic E-state index is 0.174. The van der Waals surface area contributed by atoms with E-state index in [1.165, 1.54) is 30.3 Å². The van der Waals surface area contributed by atoms with Crippen molar-refractivity contribution in [2.45, 2.75) is 44.4 Å². The highest BCUT2D eigenvalue weighted by Crippen LogP contribution is 2.31. The summed E-state index contributed by atoms with van der Waals surface area (Å²) in [6, 6.07) is 14.8. The molecule has 0 saturated carbocycles. The van der Waals surface area contributed by atoms with Crippen molar-refractivity contribution in [1.82, 2.24) is 0 Å². The van der Waals surface area contributed by atoms with Gasteiger partial charge in [0.1, 0.15) is 5.75 Å². The molecule has 2 N–H and O–H groups in total. The van der Waals surface area contributed by atoms with Crippen LogP contribution in [0.25, 0.3) is 0 Å². The van der Waals surface area contributed by atoms with Crippen LogP contribution in [0.2, 0.25) is 0 Å². The Bertz CT molecular complexity index is 1310. The molecule has 10 heteroatoms. The maximum absolute atomic E-state index is 12.9. The highest BCUT2D eigenvalue weighted by Gasteiger charge is 2.30. The molecule has 0 aliphatic rings. The van der Waals surface area contributed by atoms with E-state index in [9.17, 15) is 26.4 Å². The van der Waals surface area contributed by atoms with E-state index in [0.717, 1.165) is 23.3 Å². The fraction of sp³-hybridized carbons (Fsp3) is 0.240. The monoisotopic (exact) mass is 506 g/mol. The molecular weight excluding hydrogens is 481 g/mol. The van der Waals surface area contributed by atoms with Gasteiger partial charge >= 0.3 is 6.18 Å². The van der Waals surface area contributed by atoms with E-state index >= 15 is 0 Å². The molecule has 1 unspecified atom stereocenters. The molecule has 1 amide bonds. The van der Waals surface area contributed by atoms with Crippen LogP contribution in [0.4, 0.5) is 24.5 Å². The van der Waals surface area contributed by atoms with Crippen molar-refractivity contribution in [2.75, 3.05) is 10.0 Å². The van der Waals surface area contributed by atoms with Gasteiger partial charge in [-0.3, -0.25) is 9.52 Å². The summed E-state index contributed by atoms with van der Waals surface area (Å²) in [5.74, 6) is 0.209. The number of hydrogen-bond acceptors (Lipinski definition) is 4. The number of ether oxygens (including phenoxy) is 1. The van der Waals surface area contributed by atoms with Crippen molar-refractivity contribution in [2.24, 2.45) is 0 Å². The molecule has 0 radical (unpaired) electrons. The van der Waals surface area contributed by atoms with Gasteiger partial charge in [-0.25, -0.2) is 8.42 Å². The molecule has 0 saturated heterocycles. The summed E-state index contributed by atoms with van der Waals surface area (Å²) in [6.07, 6.45) is -4.95. The number of hydrogen-bond donors (Lipinski definition) is 2. The third-order valence-corrected chi connectivity index (χ3v) is 6.76. The molecule has 0 fully saturated rings. The van der Waals surface area contributed by atoms with Crippen LogP contribution in [0, 0.1) is 13.8 Å². The molecule has 3 aromatic carbocycles. The normalized spacial score (nSPS) is 12.6. The molecule has 0 aliphatic carbocycles. The van der Waals surface area contributed by atoms with Crippen LogP contribution >= 0.6 is 0 Å². The number of carbonyl (C=O) groups is 1. The predicted octanol–water partition coefficient (Wildman–Crippen LogP) is 5.92. The number of sulfonamides is 1. The molecule has 0 aromatic heterocycles. The van der Waals surface area contributed by atoms with E-state index < -0.39 is 33.8 Å². The van der Waals surface area contributed by atoms with Gasteiger partial charge in [0.2, 0.25) is 0 Å². The number of halogens is 3. The van der Waals surface area contributed by atoms with Gasteiger partial charge in [0.05, 0.1) is 10.5 Å². The summed E-state index contributed by atoms with van der Waals surface area (Å²) in [7, 11) is -4.15. The zero-order valence-corrected chi connectivity index (χ0v) is 20.1. The predicted molar refractivity (Wildman–Crippen MR) is 128 cm³/mol. The number of amides is 1. The Morgan fingerprint density at radius 3 is 2.26 bits per heavy atom. The zero-order valence-electron chi connectivity index (χ0n) is 19.3. The molecule has 0 spiro atoms. The van der Waals surface area contributed by atoms with Gasteiger partial charge in [-0.1, -0.05) is 25.1 Å². The molecule has 3 rings (SSSR count). The van der Waals surface area contributed by atoms with Crippen molar-refractivity contribution >= 4 is 27.3 Å². The van der Waals surface area contributed by atoms with Crippen LogP contribution in [-0.2, 0) is 21.0 Å². The van der Waals surface area contributed by atoms with Crippen molar-refractivity contribution < 1.29 is 31.1 Å². The van der Waals surface area contributed by atoms with Crippen LogP contribution in [0.1, 0.15) is 30.0 Å². The molecule has 186 valence electrons. The van der Waals surface area contributed by atoms with E-state index in [0.29, 0.717) is 23.9 Å². The van der Waals surface area contributed by atoms with Gasteiger partial charge in [-0.15, -0.1) is 0 Å². The molecule has 6 nitrogen and oxygen atoms in total. The number of alkyl halides is 3. The van der Waals surface area contributed by atoms with Crippen molar-refractivity contribution in [3.63, 3.8) is 0 Å². The molecule has 1 atom stereocenters. The third-order valence-electron chi connectivity index (χ3n) is 5.36. The second-order valence-corrected chi connectivity index (χ2v) is 9.59. The highest BCUT2D eigenvalue weighted by atomic mass is 32.2. The van der Waals surface area contributed by atoms with Crippen LogP contribution in [0.15, 0.2) is 71.6 Å². The average Bonchev–Trinajstić information content (AvgIpc) is 2.79. The number of carbonyl (C=O) groups excluding carboxylic acids is 1. The summed E-state index contributed by atoms with van der Waals surface area (Å²) < 4.78 is 71.9. The minimum Gasteiger partial charge on any atom is -0.480 e. The maximum Gasteiger partial charge on any atom is 0.416 e. The number of anilines is 2. The summed E-state index contributed by atoms with van der Waals surface area (Å²) in [6.45, 7) is 5.66. The van der Waals surface area contributed by atoms with Gasteiger partial charge in [0.25, 0.3) is 15.9 Å². The minimum atomic E-state index is -4.60. The van der Waals surface area contributed by atoms with Crippen LogP contribution in [0.5, 0.6) is 5.75 Å². The first-order valence-corrected chi connectivity index (χ1v) is 12.2. The molecule has 0 heterocycles. The Hall–Kier alpha value is -3.53. The molecule has 3 aromatic rings. The molecule has 0 aliphatic heterocycles. The number of rotatable bonds is 8. The van der Waals surface area contributed by atoms with Gasteiger partial charge in [0, 0.05) is 11.4 Å². The van der Waals surface area contributed by atoms with Crippen LogP contribution < -0.4 is 14.8 Å². The first kappa shape index (κ1) is 26.1. The lowest BCUT2D eigenvalue weighted by molar-refractivity contribution is -0.137. The second-order valence-electron chi connectivity index (χ2n) is 7.91. The summed E-state index contributed by atoms with van der Waals surface area (Å²) in [4.78, 5) is 12.5. The van der Waals surface area contributed by atoms with Gasteiger partial charge in [0.15, 0.2) is 6.10 Å². The fourth-order valence-electron chi connectivity index (χ4n) is 3.24. The standard InChI is InChI=1S/C25H25F3N2O4S/c1-4-22(34-23-10-5-7-16(2)17(23)3)24(31)29-19-11-13-21(14-12-19)35(32,33)30-20-9-6-8-18(15-20)25(26,27)28/h5-15,22,30H,4H2,1-3H3,(H,29,31). The summed E-state index contributed by atoms with van der Waals surface area (Å²) in [5.41, 5.74) is 1.13. The maximum atomic E-state index is 12.9. The van der Waals surface area contributed by atoms with Gasteiger partial charge < -0.3 is 10.1 Å². The Morgan fingerprint density at radius 1 is 0.971 bits per heavy atom. The second kappa shape index (κ2) is 10.4. The van der Waals surface area contributed by atoms with E-state index in [4.69, 9.17) is 4.74 Å². The van der Waals surface area contributed by atoms with Crippen LogP contribution in [-0.4, -0.2) is 20.4 Å². The number of nitrogens with one attached hydrogen (secondary N) is 2. The van der Waals surface area contributed by atoms with Gasteiger partial charge in [-0.05, 0) is 79.9 Å². The van der Waals surface area contributed by atoms with E-state index in [1.54, 1.807) is 6.07 Å². The van der Waals surface area contributed by atoms with Crippen LogP contribution in [0.3, 0.4) is 0 Å². The molecule has 35 heavy (non-hydrogen) atoms. The first-order chi connectivity index (χ1) is 16.4. The van der Waals surface area contributed by atoms with Crippen molar-refractivity contribution in [1.29, 1.82) is 0 Å². The quantitative estimate of drug-likeness (QED) is 0.397. The largest absolute Gasteiger partial charge is 0.480 e. The Balaban J connectivity index is 1.70. The third kappa shape index (κ3) is 6.54. The van der Waals surface area contributed by atoms with E-state index in [1.807, 2.05) is 32.9 Å². The SMILES string of the molecule is CCC(Oc1cccc(C)c1C)C(=O)Nc1ccc(S(=O)(=O)Nc2cccc(C(F)(F)F)c2)cc1. The Labute approximate surface area is 202 Å². The van der Waals surface area contributed by atoms with Crippen molar-refractivity contribution in [3.05, 3.63) is 83.4 Å². The number of aryl methyl sites for hydroxylation is 1. The average molecular weight is 507 g/mol. The first-order valence-electron chi connectivity index (χ1n) is 10.7. The van der Waals surface area contributed by atoms with Crippen molar-refractivity contribution in [3.8, 4) is 5.75 Å². The molecule has 0 bridgehead atoms. The lowest BCUT2D eigenvalue weighted by Crippen LogP contribution is -2.32. The lowest BCUT2D eigenvalue weighted by atomic mass is 10.1. The fourth-order valence-corrected chi connectivity index (χ4v) is 4.29. The van der Waals surface area contributed by atoms with E-state index in [-0.39, 0.29) is 10.6 Å². The Morgan fingerprint density at radius 2 is 1.63 bits per heavy atom. The zero-order chi connectivity index (χ0) is 25.8. The smallest absolute Gasteiger partial charge is 0.416 e. The summed E-state index contributed by atoms with van der Waals surface area (Å²) in [5, 5.41) is 2.70. The topological polar surface area (TPSA) is 84.5 Å². The molecular formula is C25H25F3N2O4S. The highest BCUT2D eigenvalue weighted by molar-refractivity contribution is 7.92. The number of benzene rings is 3. The Kier molecular flexibility index (Phi) is 7.74. The van der Waals surface area contributed by atoms with Gasteiger partial charge in [-0.2, -0.15) is 13.2 Å².